The molecule has 0 fully saturated rings. The number of thiol groups is 1. The van der Waals surface area contributed by atoms with Crippen molar-refractivity contribution in [1.82, 2.24) is 9.55 Å². The van der Waals surface area contributed by atoms with Gasteiger partial charge in [-0.25, -0.2) is 14.8 Å². The maximum absolute atomic E-state index is 12.2. The molecular weight excluding hydrogens is 316 g/mol. The number of rotatable bonds is 2. The van der Waals surface area contributed by atoms with E-state index < -0.39 is 17.0 Å². The summed E-state index contributed by atoms with van der Waals surface area (Å²) in [5.41, 5.74) is -0.485. The molecule has 0 aliphatic rings. The molecule has 2 heterocycles. The second-order valence-electron chi connectivity index (χ2n) is 4.07. The second-order valence-corrected chi connectivity index (χ2v) is 4.85. The molecule has 2 rings (SSSR count). The number of fused-ring (bicyclic) bond motifs is 1. The fourth-order valence-electron chi connectivity index (χ4n) is 1.88. The number of nitrogens with one attached hydrogen (secondary N) is 1. The second kappa shape index (κ2) is 5.66. The van der Waals surface area contributed by atoms with Gasteiger partial charge in [0.05, 0.1) is 5.39 Å². The molecule has 0 spiro atoms. The van der Waals surface area contributed by atoms with Gasteiger partial charge in [-0.15, -0.1) is 12.6 Å². The Labute approximate surface area is 128 Å². The first-order valence-electron chi connectivity index (χ1n) is 5.58. The first-order chi connectivity index (χ1) is 9.86. The first kappa shape index (κ1) is 15.2. The lowest BCUT2D eigenvalue weighted by atomic mass is 10.1. The molecule has 21 heavy (non-hydrogen) atoms. The van der Waals surface area contributed by atoms with E-state index in [4.69, 9.17) is 22.1 Å². The van der Waals surface area contributed by atoms with Crippen LogP contribution in [-0.2, 0) is 0 Å². The molecule has 0 amide bonds. The highest BCUT2D eigenvalue weighted by Gasteiger charge is 2.18. The number of hydrogen-bond acceptors (Lipinski definition) is 4. The Hall–Kier alpha value is -2.19. The van der Waals surface area contributed by atoms with E-state index in [-0.39, 0.29) is 21.4 Å². The van der Waals surface area contributed by atoms with Crippen molar-refractivity contribution >= 4 is 52.7 Å². The third-order valence-corrected chi connectivity index (χ3v) is 3.27. The molecule has 0 aliphatic heterocycles. The number of aromatic carboxylic acids is 1. The summed E-state index contributed by atoms with van der Waals surface area (Å²) in [7, 11) is 0. The van der Waals surface area contributed by atoms with Crippen molar-refractivity contribution < 1.29 is 9.90 Å². The molecule has 0 aliphatic carbocycles. The number of hydrogen-bond donors (Lipinski definition) is 3. The van der Waals surface area contributed by atoms with Crippen molar-refractivity contribution in [2.45, 2.75) is 6.92 Å². The Morgan fingerprint density at radius 3 is 2.86 bits per heavy atom. The van der Waals surface area contributed by atoms with Crippen LogP contribution >= 0.6 is 24.2 Å². The SMILES string of the molecule is Cc1cc(Cl)nc2c1c(=O)c(C(=O)O)cn2/C(S)=N/C=N. The number of aliphatic imine (C=N–C) groups is 1. The maximum Gasteiger partial charge on any atom is 0.341 e. The quantitative estimate of drug-likeness (QED) is 0.339. The minimum absolute atomic E-state index is 0.00772. The van der Waals surface area contributed by atoms with Gasteiger partial charge in [0.1, 0.15) is 17.1 Å². The van der Waals surface area contributed by atoms with Gasteiger partial charge in [0.15, 0.2) is 10.8 Å². The van der Waals surface area contributed by atoms with Crippen LogP contribution in [0.2, 0.25) is 5.15 Å². The molecule has 0 saturated carbocycles. The Kier molecular flexibility index (Phi) is 4.10. The summed E-state index contributed by atoms with van der Waals surface area (Å²) in [6.45, 7) is 1.62. The summed E-state index contributed by atoms with van der Waals surface area (Å²) in [4.78, 5) is 31.1. The number of halogens is 1. The highest BCUT2D eigenvalue weighted by Crippen LogP contribution is 2.19. The minimum Gasteiger partial charge on any atom is -0.477 e. The van der Waals surface area contributed by atoms with Crippen molar-refractivity contribution in [1.29, 1.82) is 5.41 Å². The van der Waals surface area contributed by atoms with Gasteiger partial charge in [-0.3, -0.25) is 14.8 Å². The van der Waals surface area contributed by atoms with E-state index in [0.29, 0.717) is 5.56 Å². The lowest BCUT2D eigenvalue weighted by Crippen LogP contribution is -2.22. The fourth-order valence-corrected chi connectivity index (χ4v) is 2.33. The average molecular weight is 325 g/mol. The van der Waals surface area contributed by atoms with Crippen molar-refractivity contribution in [3.8, 4) is 0 Å². The molecule has 2 aromatic heterocycles. The van der Waals surface area contributed by atoms with Gasteiger partial charge in [0.2, 0.25) is 5.43 Å². The number of carboxylic acids is 1. The molecule has 0 atom stereocenters. The Morgan fingerprint density at radius 1 is 1.62 bits per heavy atom. The van der Waals surface area contributed by atoms with Crippen LogP contribution < -0.4 is 5.43 Å². The smallest absolute Gasteiger partial charge is 0.341 e. The number of carbonyl (C=O) groups is 1. The number of aromatic nitrogens is 2. The zero-order valence-electron chi connectivity index (χ0n) is 10.7. The average Bonchev–Trinajstić information content (AvgIpc) is 2.37. The molecule has 9 heteroatoms. The predicted molar refractivity (Wildman–Crippen MR) is 83.3 cm³/mol. The highest BCUT2D eigenvalue weighted by atomic mass is 35.5. The van der Waals surface area contributed by atoms with Gasteiger partial charge in [0, 0.05) is 6.20 Å². The van der Waals surface area contributed by atoms with E-state index in [1.54, 1.807) is 6.92 Å². The standard InChI is InChI=1S/C12H9ClN4O3S/c1-5-2-7(13)16-10-8(5)9(18)6(11(19)20)3-17(10)12(21)15-4-14/h2-4H,1H3,(H,19,20)(H2,14,15,21). The van der Waals surface area contributed by atoms with Crippen molar-refractivity contribution in [3.63, 3.8) is 0 Å². The summed E-state index contributed by atoms with van der Waals surface area (Å²) in [6, 6.07) is 1.47. The van der Waals surface area contributed by atoms with Gasteiger partial charge >= 0.3 is 5.97 Å². The van der Waals surface area contributed by atoms with Crippen LogP contribution in [0.3, 0.4) is 0 Å². The zero-order chi connectivity index (χ0) is 15.7. The van der Waals surface area contributed by atoms with Gasteiger partial charge in [-0.05, 0) is 18.6 Å². The normalized spacial score (nSPS) is 11.7. The Balaban J connectivity index is 3.06. The first-order valence-corrected chi connectivity index (χ1v) is 6.41. The zero-order valence-corrected chi connectivity index (χ0v) is 12.3. The number of aryl methyl sites for hydroxylation is 1. The topological polar surface area (TPSA) is 108 Å². The highest BCUT2D eigenvalue weighted by molar-refractivity contribution is 7.97. The van der Waals surface area contributed by atoms with Crippen LogP contribution in [0.1, 0.15) is 15.9 Å². The van der Waals surface area contributed by atoms with Crippen LogP contribution in [0.25, 0.3) is 11.0 Å². The molecule has 0 aromatic carbocycles. The van der Waals surface area contributed by atoms with Gasteiger partial charge in [0.25, 0.3) is 0 Å². The maximum atomic E-state index is 12.2. The molecule has 108 valence electrons. The molecular formula is C12H9ClN4O3S. The Bertz CT molecular complexity index is 860. The van der Waals surface area contributed by atoms with Crippen LogP contribution in [0.15, 0.2) is 22.1 Å². The molecule has 2 N–H and O–H groups in total. The van der Waals surface area contributed by atoms with Crippen LogP contribution in [-0.4, -0.2) is 32.1 Å². The lowest BCUT2D eigenvalue weighted by molar-refractivity contribution is 0.0695. The molecule has 2 aromatic rings. The number of carboxylic acid groups (broad SMARTS) is 1. The van der Waals surface area contributed by atoms with E-state index >= 15 is 0 Å². The van der Waals surface area contributed by atoms with Gasteiger partial charge in [-0.2, -0.15) is 0 Å². The van der Waals surface area contributed by atoms with Crippen LogP contribution in [0.4, 0.5) is 0 Å². The largest absolute Gasteiger partial charge is 0.477 e. The lowest BCUT2D eigenvalue weighted by Gasteiger charge is -2.11. The van der Waals surface area contributed by atoms with Crippen LogP contribution in [0.5, 0.6) is 0 Å². The van der Waals surface area contributed by atoms with E-state index in [2.05, 4.69) is 22.6 Å². The van der Waals surface area contributed by atoms with Crippen molar-refractivity contribution in [3.05, 3.63) is 38.8 Å². The fraction of sp³-hybridized carbons (Fsp3) is 0.0833. The summed E-state index contributed by atoms with van der Waals surface area (Å²) < 4.78 is 1.20. The number of nitrogens with zero attached hydrogens (tertiary/aromatic N) is 3. The van der Waals surface area contributed by atoms with E-state index in [1.165, 1.54) is 10.6 Å². The van der Waals surface area contributed by atoms with E-state index in [9.17, 15) is 9.59 Å². The van der Waals surface area contributed by atoms with Gasteiger partial charge < -0.3 is 5.11 Å². The molecule has 0 saturated heterocycles. The molecule has 0 bridgehead atoms. The minimum atomic E-state index is -1.37. The monoisotopic (exact) mass is 324 g/mol. The van der Waals surface area contributed by atoms with Crippen molar-refractivity contribution in [2.24, 2.45) is 4.99 Å². The molecule has 0 radical (unpaired) electrons. The summed E-state index contributed by atoms with van der Waals surface area (Å²) in [6.07, 6.45) is 1.80. The summed E-state index contributed by atoms with van der Waals surface area (Å²) >= 11 is 9.96. The molecule has 7 nitrogen and oxygen atoms in total. The summed E-state index contributed by atoms with van der Waals surface area (Å²) in [5, 5.41) is 16.3. The molecule has 0 unspecified atom stereocenters. The van der Waals surface area contributed by atoms with Gasteiger partial charge in [-0.1, -0.05) is 11.6 Å². The predicted octanol–water partition coefficient (Wildman–Crippen LogP) is 1.80. The van der Waals surface area contributed by atoms with E-state index in [1.807, 2.05) is 0 Å². The Morgan fingerprint density at radius 2 is 2.29 bits per heavy atom. The third kappa shape index (κ3) is 2.67. The summed E-state index contributed by atoms with van der Waals surface area (Å²) in [5.74, 6) is -1.37. The van der Waals surface area contributed by atoms with Crippen LogP contribution in [0, 0.1) is 12.3 Å². The van der Waals surface area contributed by atoms with E-state index in [0.717, 1.165) is 12.5 Å². The third-order valence-electron chi connectivity index (χ3n) is 2.75. The number of pyridine rings is 2. The van der Waals surface area contributed by atoms with Crippen molar-refractivity contribution in [2.75, 3.05) is 0 Å².